The van der Waals surface area contributed by atoms with Crippen molar-refractivity contribution in [2.75, 3.05) is 30.0 Å². The molecule has 0 saturated heterocycles. The summed E-state index contributed by atoms with van der Waals surface area (Å²) in [5.74, 6) is 0. The standard InChI is InChI=1S/C22H25N5O2/c1-26(22(28)29-11-3-5-17-4-2-9-23-13-17)20-7-6-18-8-10-27(21(18)12-20)15-19-14-24-16-25-19/h2,4,6-7,9,12-14,16H,3,5,8,10-11,15H2,1H3,(H,24,25). The summed E-state index contributed by atoms with van der Waals surface area (Å²) in [6, 6.07) is 10.1. The summed E-state index contributed by atoms with van der Waals surface area (Å²) in [5.41, 5.74) is 5.43. The fraction of sp³-hybridized carbons (Fsp3) is 0.318. The summed E-state index contributed by atoms with van der Waals surface area (Å²) in [4.78, 5) is 27.7. The number of fused-ring (bicyclic) bond motifs is 1. The maximum Gasteiger partial charge on any atom is 0.414 e. The number of nitrogens with one attached hydrogen (secondary N) is 1. The van der Waals surface area contributed by atoms with Crippen LogP contribution in [0.5, 0.6) is 0 Å². The van der Waals surface area contributed by atoms with E-state index in [1.54, 1.807) is 24.5 Å². The van der Waals surface area contributed by atoms with Gasteiger partial charge in [-0.3, -0.25) is 9.88 Å². The van der Waals surface area contributed by atoms with Gasteiger partial charge in [0.1, 0.15) is 0 Å². The number of ether oxygens (including phenoxy) is 1. The summed E-state index contributed by atoms with van der Waals surface area (Å²) in [5, 5.41) is 0. The van der Waals surface area contributed by atoms with Gasteiger partial charge in [-0.1, -0.05) is 12.1 Å². The molecule has 4 rings (SSSR count). The quantitative estimate of drug-likeness (QED) is 0.623. The van der Waals surface area contributed by atoms with Crippen LogP contribution in [0.1, 0.15) is 23.2 Å². The first-order chi connectivity index (χ1) is 14.2. The Kier molecular flexibility index (Phi) is 5.74. The smallest absolute Gasteiger partial charge is 0.414 e. The number of pyridine rings is 1. The van der Waals surface area contributed by atoms with Gasteiger partial charge in [-0.05, 0) is 48.6 Å². The summed E-state index contributed by atoms with van der Waals surface area (Å²) in [7, 11) is 1.75. The highest BCUT2D eigenvalue weighted by molar-refractivity contribution is 5.88. The summed E-state index contributed by atoms with van der Waals surface area (Å²) >= 11 is 0. The highest BCUT2D eigenvalue weighted by Gasteiger charge is 2.22. The Hall–Kier alpha value is -3.35. The van der Waals surface area contributed by atoms with Crippen LogP contribution in [0.4, 0.5) is 16.2 Å². The topological polar surface area (TPSA) is 74.4 Å². The molecule has 0 bridgehead atoms. The summed E-state index contributed by atoms with van der Waals surface area (Å²) in [6.45, 7) is 2.09. The SMILES string of the molecule is CN(C(=O)OCCCc1cccnc1)c1ccc2c(c1)N(Cc1c[nH]cn1)CC2. The van der Waals surface area contributed by atoms with Gasteiger partial charge < -0.3 is 14.6 Å². The number of H-pyrrole nitrogens is 1. The number of anilines is 2. The number of hydrogen-bond donors (Lipinski definition) is 1. The highest BCUT2D eigenvalue weighted by Crippen LogP contribution is 2.33. The number of amides is 1. The lowest BCUT2D eigenvalue weighted by atomic mass is 10.1. The molecule has 1 aliphatic heterocycles. The van der Waals surface area contributed by atoms with E-state index in [0.29, 0.717) is 6.61 Å². The molecule has 0 aliphatic carbocycles. The van der Waals surface area contributed by atoms with Crippen molar-refractivity contribution in [3.05, 3.63) is 72.1 Å². The van der Waals surface area contributed by atoms with Gasteiger partial charge in [0.25, 0.3) is 0 Å². The van der Waals surface area contributed by atoms with Gasteiger partial charge in [-0.2, -0.15) is 0 Å². The van der Waals surface area contributed by atoms with Gasteiger partial charge in [0, 0.05) is 43.6 Å². The first-order valence-electron chi connectivity index (χ1n) is 9.85. The van der Waals surface area contributed by atoms with Crippen molar-refractivity contribution in [1.82, 2.24) is 15.0 Å². The average Bonchev–Trinajstić information content (AvgIpc) is 3.41. The number of aromatic nitrogens is 3. The Labute approximate surface area is 170 Å². The van der Waals surface area contributed by atoms with Gasteiger partial charge in [0.15, 0.2) is 0 Å². The fourth-order valence-corrected chi connectivity index (χ4v) is 3.56. The third-order valence-corrected chi connectivity index (χ3v) is 5.19. The van der Waals surface area contributed by atoms with Gasteiger partial charge in [-0.15, -0.1) is 0 Å². The van der Waals surface area contributed by atoms with Crippen LogP contribution in [-0.4, -0.2) is 41.2 Å². The fourth-order valence-electron chi connectivity index (χ4n) is 3.56. The van der Waals surface area contributed by atoms with Crippen molar-refractivity contribution in [1.29, 1.82) is 0 Å². The lowest BCUT2D eigenvalue weighted by Gasteiger charge is -2.22. The van der Waals surface area contributed by atoms with Crippen LogP contribution in [0, 0.1) is 0 Å². The third-order valence-electron chi connectivity index (χ3n) is 5.19. The molecule has 1 aliphatic rings. The predicted octanol–water partition coefficient (Wildman–Crippen LogP) is 3.57. The van der Waals surface area contributed by atoms with Crippen LogP contribution in [-0.2, 0) is 24.1 Å². The first-order valence-corrected chi connectivity index (χ1v) is 9.85. The van der Waals surface area contributed by atoms with Crippen LogP contribution in [0.15, 0.2) is 55.2 Å². The summed E-state index contributed by atoms with van der Waals surface area (Å²) < 4.78 is 5.45. The molecule has 1 aromatic carbocycles. The van der Waals surface area contributed by atoms with Gasteiger partial charge >= 0.3 is 6.09 Å². The van der Waals surface area contributed by atoms with E-state index in [1.807, 2.05) is 30.6 Å². The molecule has 0 saturated carbocycles. The number of rotatable bonds is 7. The molecule has 150 valence electrons. The Bertz CT molecular complexity index is 943. The first kappa shape index (κ1) is 19.0. The molecular weight excluding hydrogens is 366 g/mol. The Morgan fingerprint density at radius 3 is 3.07 bits per heavy atom. The van der Waals surface area contributed by atoms with Crippen molar-refractivity contribution in [3.8, 4) is 0 Å². The van der Waals surface area contributed by atoms with E-state index in [0.717, 1.165) is 55.0 Å². The van der Waals surface area contributed by atoms with E-state index in [1.165, 1.54) is 5.56 Å². The van der Waals surface area contributed by atoms with E-state index < -0.39 is 0 Å². The average molecular weight is 391 g/mol. The zero-order valence-corrected chi connectivity index (χ0v) is 16.5. The molecule has 0 fully saturated rings. The number of carbonyl (C=O) groups excluding carboxylic acids is 1. The Morgan fingerprint density at radius 1 is 1.34 bits per heavy atom. The molecule has 7 nitrogen and oxygen atoms in total. The van der Waals surface area contributed by atoms with Gasteiger partial charge in [0.05, 0.1) is 25.2 Å². The van der Waals surface area contributed by atoms with E-state index in [2.05, 4.69) is 32.0 Å². The lowest BCUT2D eigenvalue weighted by molar-refractivity contribution is 0.153. The normalized spacial score (nSPS) is 12.7. The molecule has 0 spiro atoms. The van der Waals surface area contributed by atoms with E-state index in [4.69, 9.17) is 4.74 Å². The molecule has 0 radical (unpaired) electrons. The molecule has 0 unspecified atom stereocenters. The van der Waals surface area contributed by atoms with Crippen molar-refractivity contribution in [3.63, 3.8) is 0 Å². The second-order valence-electron chi connectivity index (χ2n) is 7.18. The maximum atomic E-state index is 12.5. The number of nitrogens with zero attached hydrogens (tertiary/aromatic N) is 4. The van der Waals surface area contributed by atoms with Crippen molar-refractivity contribution < 1.29 is 9.53 Å². The molecule has 0 atom stereocenters. The minimum Gasteiger partial charge on any atom is -0.449 e. The molecule has 7 heteroatoms. The number of benzene rings is 1. The van der Waals surface area contributed by atoms with Crippen LogP contribution in [0.3, 0.4) is 0 Å². The number of imidazole rings is 1. The van der Waals surface area contributed by atoms with Crippen LogP contribution < -0.4 is 9.80 Å². The number of aryl methyl sites for hydroxylation is 1. The lowest BCUT2D eigenvalue weighted by Crippen LogP contribution is -2.27. The van der Waals surface area contributed by atoms with Crippen LogP contribution in [0.25, 0.3) is 0 Å². The van der Waals surface area contributed by atoms with Crippen LogP contribution in [0.2, 0.25) is 0 Å². The third kappa shape index (κ3) is 4.56. The van der Waals surface area contributed by atoms with E-state index >= 15 is 0 Å². The van der Waals surface area contributed by atoms with Crippen molar-refractivity contribution in [2.24, 2.45) is 0 Å². The zero-order chi connectivity index (χ0) is 20.1. The number of aromatic amines is 1. The van der Waals surface area contributed by atoms with E-state index in [9.17, 15) is 4.79 Å². The number of hydrogen-bond acceptors (Lipinski definition) is 5. The highest BCUT2D eigenvalue weighted by atomic mass is 16.6. The zero-order valence-electron chi connectivity index (χ0n) is 16.5. The predicted molar refractivity (Wildman–Crippen MR) is 112 cm³/mol. The minimum absolute atomic E-state index is 0.340. The molecule has 1 N–H and O–H groups in total. The number of carbonyl (C=O) groups is 1. The molecule has 2 aromatic heterocycles. The minimum atomic E-state index is -0.340. The molecule has 3 heterocycles. The van der Waals surface area contributed by atoms with Gasteiger partial charge in [0.2, 0.25) is 0 Å². The molecule has 3 aromatic rings. The molecule has 1 amide bonds. The Balaban J connectivity index is 1.33. The Morgan fingerprint density at radius 2 is 2.28 bits per heavy atom. The largest absolute Gasteiger partial charge is 0.449 e. The second-order valence-corrected chi connectivity index (χ2v) is 7.18. The molecular formula is C22H25N5O2. The summed E-state index contributed by atoms with van der Waals surface area (Å²) in [6.07, 6.45) is 9.48. The van der Waals surface area contributed by atoms with Crippen molar-refractivity contribution in [2.45, 2.75) is 25.8 Å². The van der Waals surface area contributed by atoms with Gasteiger partial charge in [-0.25, -0.2) is 9.78 Å². The van der Waals surface area contributed by atoms with Crippen molar-refractivity contribution >= 4 is 17.5 Å². The second kappa shape index (κ2) is 8.77. The van der Waals surface area contributed by atoms with E-state index in [-0.39, 0.29) is 6.09 Å². The maximum absolute atomic E-state index is 12.5. The monoisotopic (exact) mass is 391 g/mol. The van der Waals surface area contributed by atoms with Crippen LogP contribution >= 0.6 is 0 Å². The molecule has 29 heavy (non-hydrogen) atoms.